The Morgan fingerprint density at radius 3 is 2.59 bits per heavy atom. The second kappa shape index (κ2) is 8.17. The second-order valence-electron chi connectivity index (χ2n) is 4.89. The molecule has 22 heavy (non-hydrogen) atoms. The fourth-order valence-corrected chi connectivity index (χ4v) is 2.19. The largest absolute Gasteiger partial charge is 0.497 e. The molecule has 0 fully saturated rings. The number of nitrogens with zero attached hydrogens (tertiary/aromatic N) is 3. The third-order valence-electron chi connectivity index (χ3n) is 3.30. The molecule has 0 unspecified atom stereocenters. The molecule has 2 rings (SSSR count). The Morgan fingerprint density at radius 1 is 1.23 bits per heavy atom. The molecular formula is C16H21N3O3. The van der Waals surface area contributed by atoms with E-state index in [0.29, 0.717) is 12.3 Å². The van der Waals surface area contributed by atoms with Crippen molar-refractivity contribution < 1.29 is 14.3 Å². The zero-order valence-electron chi connectivity index (χ0n) is 13.0. The lowest BCUT2D eigenvalue weighted by atomic mass is 10.2. The van der Waals surface area contributed by atoms with Crippen molar-refractivity contribution in [2.24, 2.45) is 0 Å². The van der Waals surface area contributed by atoms with Crippen molar-refractivity contribution in [3.05, 3.63) is 35.7 Å². The molecule has 0 atom stereocenters. The average Bonchev–Trinajstić information content (AvgIpc) is 2.94. The Balaban J connectivity index is 1.85. The van der Waals surface area contributed by atoms with Crippen molar-refractivity contribution in [1.82, 2.24) is 15.0 Å². The van der Waals surface area contributed by atoms with E-state index in [9.17, 15) is 4.79 Å². The van der Waals surface area contributed by atoms with E-state index in [1.807, 2.05) is 24.3 Å². The molecule has 118 valence electrons. The lowest BCUT2D eigenvalue weighted by Gasteiger charge is -2.08. The van der Waals surface area contributed by atoms with E-state index in [0.717, 1.165) is 49.3 Å². The molecule has 0 spiro atoms. The molecular weight excluding hydrogens is 282 g/mol. The van der Waals surface area contributed by atoms with Gasteiger partial charge < -0.3 is 9.47 Å². The van der Waals surface area contributed by atoms with Crippen LogP contribution < -0.4 is 9.47 Å². The summed E-state index contributed by atoms with van der Waals surface area (Å²) in [6.45, 7) is 3.41. The Morgan fingerprint density at radius 2 is 1.95 bits per heavy atom. The van der Waals surface area contributed by atoms with Crippen LogP contribution >= 0.6 is 0 Å². The summed E-state index contributed by atoms with van der Waals surface area (Å²) in [5.41, 5.74) is 1.31. The number of methoxy groups -OCH3 is 1. The van der Waals surface area contributed by atoms with E-state index in [-0.39, 0.29) is 0 Å². The summed E-state index contributed by atoms with van der Waals surface area (Å²) in [4.78, 5) is 11.0. The summed E-state index contributed by atoms with van der Waals surface area (Å²) in [5.74, 6) is 1.61. The third kappa shape index (κ3) is 4.07. The molecule has 6 heteroatoms. The van der Waals surface area contributed by atoms with Gasteiger partial charge in [0.25, 0.3) is 0 Å². The summed E-state index contributed by atoms with van der Waals surface area (Å²) < 4.78 is 12.6. The molecule has 2 aromatic rings. The van der Waals surface area contributed by atoms with Crippen LogP contribution in [-0.4, -0.2) is 35.0 Å². The van der Waals surface area contributed by atoms with Crippen LogP contribution in [0.3, 0.4) is 0 Å². The molecule has 0 aliphatic heterocycles. The van der Waals surface area contributed by atoms with Gasteiger partial charge in [0.1, 0.15) is 17.2 Å². The minimum absolute atomic E-state index is 0.429. The van der Waals surface area contributed by atoms with Crippen LogP contribution in [0.2, 0.25) is 0 Å². The zero-order valence-corrected chi connectivity index (χ0v) is 13.0. The highest BCUT2D eigenvalue weighted by Crippen LogP contribution is 2.17. The monoisotopic (exact) mass is 303 g/mol. The van der Waals surface area contributed by atoms with E-state index in [1.54, 1.807) is 11.8 Å². The summed E-state index contributed by atoms with van der Waals surface area (Å²) >= 11 is 0. The number of aromatic nitrogens is 3. The Kier molecular flexibility index (Phi) is 5.94. The van der Waals surface area contributed by atoms with Crippen molar-refractivity contribution >= 4 is 6.29 Å². The van der Waals surface area contributed by atoms with E-state index in [1.165, 1.54) is 0 Å². The van der Waals surface area contributed by atoms with Crippen molar-refractivity contribution in [3.8, 4) is 11.5 Å². The number of aldehydes is 1. The lowest BCUT2D eigenvalue weighted by Crippen LogP contribution is -2.08. The first kappa shape index (κ1) is 16.0. The summed E-state index contributed by atoms with van der Waals surface area (Å²) in [7, 11) is 1.63. The number of carbonyl (C=O) groups is 1. The van der Waals surface area contributed by atoms with Crippen LogP contribution in [-0.2, 0) is 13.0 Å². The van der Waals surface area contributed by atoms with Crippen LogP contribution in [0.15, 0.2) is 24.3 Å². The number of rotatable bonds is 9. The number of ether oxygens (including phenoxy) is 2. The van der Waals surface area contributed by atoms with Gasteiger partial charge in [0.05, 0.1) is 19.4 Å². The number of benzene rings is 1. The quantitative estimate of drug-likeness (QED) is 0.526. The van der Waals surface area contributed by atoms with Crippen molar-refractivity contribution in [2.45, 2.75) is 32.7 Å². The number of hydrogen-bond acceptors (Lipinski definition) is 5. The van der Waals surface area contributed by atoms with Gasteiger partial charge in [0, 0.05) is 6.54 Å². The molecule has 1 aromatic carbocycles. The Hall–Kier alpha value is -2.37. The van der Waals surface area contributed by atoms with Crippen molar-refractivity contribution in [3.63, 3.8) is 0 Å². The fraction of sp³-hybridized carbons (Fsp3) is 0.438. The SMILES string of the molecule is CCCn1nnc(C=O)c1CCCOc1ccc(OC)cc1. The molecule has 0 aliphatic carbocycles. The average molecular weight is 303 g/mol. The van der Waals surface area contributed by atoms with E-state index in [4.69, 9.17) is 9.47 Å². The van der Waals surface area contributed by atoms with Gasteiger partial charge in [-0.3, -0.25) is 4.79 Å². The third-order valence-corrected chi connectivity index (χ3v) is 3.30. The molecule has 0 amide bonds. The molecule has 0 aliphatic rings. The zero-order chi connectivity index (χ0) is 15.8. The molecule has 0 saturated heterocycles. The van der Waals surface area contributed by atoms with E-state index < -0.39 is 0 Å². The first-order valence-electron chi connectivity index (χ1n) is 7.43. The first-order valence-corrected chi connectivity index (χ1v) is 7.43. The molecule has 0 saturated carbocycles. The van der Waals surface area contributed by atoms with Gasteiger partial charge in [-0.1, -0.05) is 12.1 Å². The van der Waals surface area contributed by atoms with Crippen LogP contribution in [0.1, 0.15) is 35.9 Å². The van der Waals surface area contributed by atoms with Gasteiger partial charge in [-0.15, -0.1) is 5.10 Å². The summed E-state index contributed by atoms with van der Waals surface area (Å²) in [5, 5.41) is 7.91. The van der Waals surface area contributed by atoms with Crippen LogP contribution in [0.25, 0.3) is 0 Å². The lowest BCUT2D eigenvalue weighted by molar-refractivity contribution is 0.111. The Bertz CT molecular complexity index is 593. The normalized spacial score (nSPS) is 10.5. The van der Waals surface area contributed by atoms with Crippen LogP contribution in [0.4, 0.5) is 0 Å². The van der Waals surface area contributed by atoms with Gasteiger partial charge in [0.2, 0.25) is 0 Å². The predicted octanol–water partition coefficient (Wildman–Crippen LogP) is 2.52. The van der Waals surface area contributed by atoms with E-state index >= 15 is 0 Å². The highest BCUT2D eigenvalue weighted by atomic mass is 16.5. The minimum Gasteiger partial charge on any atom is -0.497 e. The maximum Gasteiger partial charge on any atom is 0.172 e. The first-order chi connectivity index (χ1) is 10.8. The van der Waals surface area contributed by atoms with Gasteiger partial charge in [-0.05, 0) is 43.5 Å². The molecule has 1 heterocycles. The molecule has 0 radical (unpaired) electrons. The standard InChI is InChI=1S/C16H21N3O3/c1-3-10-19-16(15(12-20)17-18-19)5-4-11-22-14-8-6-13(21-2)7-9-14/h6-9,12H,3-5,10-11H2,1-2H3. The summed E-state index contributed by atoms with van der Waals surface area (Å²) in [6.07, 6.45) is 3.23. The highest BCUT2D eigenvalue weighted by molar-refractivity contribution is 5.73. The molecule has 0 bridgehead atoms. The minimum atomic E-state index is 0.429. The number of hydrogen-bond donors (Lipinski definition) is 0. The maximum absolute atomic E-state index is 11.0. The number of aryl methyl sites for hydroxylation is 1. The predicted molar refractivity (Wildman–Crippen MR) is 82.5 cm³/mol. The van der Waals surface area contributed by atoms with Crippen molar-refractivity contribution in [2.75, 3.05) is 13.7 Å². The molecule has 1 aromatic heterocycles. The van der Waals surface area contributed by atoms with Crippen LogP contribution in [0.5, 0.6) is 11.5 Å². The fourth-order valence-electron chi connectivity index (χ4n) is 2.19. The highest BCUT2D eigenvalue weighted by Gasteiger charge is 2.11. The van der Waals surface area contributed by atoms with Crippen molar-refractivity contribution in [1.29, 1.82) is 0 Å². The van der Waals surface area contributed by atoms with Gasteiger partial charge in [0.15, 0.2) is 6.29 Å². The number of carbonyl (C=O) groups excluding carboxylic acids is 1. The maximum atomic E-state index is 11.0. The van der Waals surface area contributed by atoms with Gasteiger partial charge >= 0.3 is 0 Å². The molecule has 6 nitrogen and oxygen atoms in total. The summed E-state index contributed by atoms with van der Waals surface area (Å²) in [6, 6.07) is 7.47. The second-order valence-corrected chi connectivity index (χ2v) is 4.89. The van der Waals surface area contributed by atoms with Crippen LogP contribution in [0, 0.1) is 0 Å². The molecule has 0 N–H and O–H groups in total. The smallest absolute Gasteiger partial charge is 0.172 e. The van der Waals surface area contributed by atoms with Gasteiger partial charge in [-0.2, -0.15) is 0 Å². The topological polar surface area (TPSA) is 66.2 Å². The Labute approximate surface area is 130 Å². The van der Waals surface area contributed by atoms with Gasteiger partial charge in [-0.25, -0.2) is 4.68 Å². The van der Waals surface area contributed by atoms with E-state index in [2.05, 4.69) is 17.2 Å².